The molecule has 3 heteroatoms. The first-order valence-corrected chi connectivity index (χ1v) is 4.93. The van der Waals surface area contributed by atoms with Crippen LogP contribution in [0.25, 0.3) is 11.3 Å². The molecule has 0 amide bonds. The van der Waals surface area contributed by atoms with Crippen molar-refractivity contribution >= 4 is 5.97 Å². The minimum atomic E-state index is -0.922. The molecule has 0 saturated carbocycles. The fourth-order valence-corrected chi connectivity index (χ4v) is 1.51. The molecule has 0 bridgehead atoms. The SMILES string of the molecule is Cc1ccnc(-c2cccc(C(=O)O)c2)c1. The molecule has 80 valence electrons. The number of aromatic carboxylic acids is 1. The molecular formula is C13H11NO2. The Labute approximate surface area is 93.4 Å². The van der Waals surface area contributed by atoms with Gasteiger partial charge in [0.05, 0.1) is 11.3 Å². The lowest BCUT2D eigenvalue weighted by molar-refractivity contribution is 0.0697. The first-order chi connectivity index (χ1) is 7.66. The molecule has 0 saturated heterocycles. The van der Waals surface area contributed by atoms with Crippen molar-refractivity contribution in [2.45, 2.75) is 6.92 Å². The summed E-state index contributed by atoms with van der Waals surface area (Å²) in [5.74, 6) is -0.922. The second kappa shape index (κ2) is 4.14. The Kier molecular flexibility index (Phi) is 2.68. The largest absolute Gasteiger partial charge is 0.478 e. The highest BCUT2D eigenvalue weighted by molar-refractivity contribution is 5.89. The molecular weight excluding hydrogens is 202 g/mol. The van der Waals surface area contributed by atoms with Crippen LogP contribution in [0.2, 0.25) is 0 Å². The van der Waals surface area contributed by atoms with Gasteiger partial charge >= 0.3 is 5.97 Å². The van der Waals surface area contributed by atoms with E-state index in [1.54, 1.807) is 24.4 Å². The number of hydrogen-bond donors (Lipinski definition) is 1. The van der Waals surface area contributed by atoms with Crippen molar-refractivity contribution in [3.63, 3.8) is 0 Å². The standard InChI is InChI=1S/C13H11NO2/c1-9-5-6-14-12(7-9)10-3-2-4-11(8-10)13(15)16/h2-8H,1H3,(H,15,16). The molecule has 1 N–H and O–H groups in total. The zero-order chi connectivity index (χ0) is 11.5. The zero-order valence-electron chi connectivity index (χ0n) is 8.84. The van der Waals surface area contributed by atoms with Crippen LogP contribution in [-0.2, 0) is 0 Å². The molecule has 0 aliphatic carbocycles. The summed E-state index contributed by atoms with van der Waals surface area (Å²) in [6.45, 7) is 1.98. The minimum Gasteiger partial charge on any atom is -0.478 e. The van der Waals surface area contributed by atoms with Gasteiger partial charge < -0.3 is 5.11 Å². The lowest BCUT2D eigenvalue weighted by Gasteiger charge is -2.02. The van der Waals surface area contributed by atoms with Crippen molar-refractivity contribution in [2.24, 2.45) is 0 Å². The predicted octanol–water partition coefficient (Wildman–Crippen LogP) is 2.76. The van der Waals surface area contributed by atoms with Crippen molar-refractivity contribution in [2.75, 3.05) is 0 Å². The van der Waals surface area contributed by atoms with Crippen LogP contribution in [0.1, 0.15) is 15.9 Å². The number of hydrogen-bond acceptors (Lipinski definition) is 2. The summed E-state index contributed by atoms with van der Waals surface area (Å²) in [4.78, 5) is 15.0. The lowest BCUT2D eigenvalue weighted by atomic mass is 10.1. The van der Waals surface area contributed by atoms with Gasteiger partial charge in [0.15, 0.2) is 0 Å². The lowest BCUT2D eigenvalue weighted by Crippen LogP contribution is -1.96. The Balaban J connectivity index is 2.48. The number of carbonyl (C=O) groups is 1. The number of aromatic nitrogens is 1. The number of pyridine rings is 1. The van der Waals surface area contributed by atoms with E-state index in [1.807, 2.05) is 25.1 Å². The molecule has 16 heavy (non-hydrogen) atoms. The van der Waals surface area contributed by atoms with E-state index in [4.69, 9.17) is 5.11 Å². The van der Waals surface area contributed by atoms with Crippen molar-refractivity contribution in [3.05, 3.63) is 53.7 Å². The summed E-state index contributed by atoms with van der Waals surface area (Å²) in [5, 5.41) is 8.89. The van der Waals surface area contributed by atoms with E-state index < -0.39 is 5.97 Å². The van der Waals surface area contributed by atoms with E-state index in [2.05, 4.69) is 4.98 Å². The summed E-state index contributed by atoms with van der Waals surface area (Å²) in [6.07, 6.45) is 1.72. The topological polar surface area (TPSA) is 50.2 Å². The maximum atomic E-state index is 10.8. The highest BCUT2D eigenvalue weighted by Crippen LogP contribution is 2.18. The quantitative estimate of drug-likeness (QED) is 0.834. The van der Waals surface area contributed by atoms with Gasteiger partial charge in [0.2, 0.25) is 0 Å². The third-order valence-electron chi connectivity index (χ3n) is 2.32. The molecule has 0 unspecified atom stereocenters. The number of rotatable bonds is 2. The van der Waals surface area contributed by atoms with Gasteiger partial charge in [-0.15, -0.1) is 0 Å². The summed E-state index contributed by atoms with van der Waals surface area (Å²) in [6, 6.07) is 10.6. The molecule has 0 radical (unpaired) electrons. The molecule has 0 spiro atoms. The van der Waals surface area contributed by atoms with Crippen LogP contribution in [0.3, 0.4) is 0 Å². The van der Waals surface area contributed by atoms with Gasteiger partial charge in [0, 0.05) is 11.8 Å². The van der Waals surface area contributed by atoms with Crippen LogP contribution in [0.15, 0.2) is 42.6 Å². The summed E-state index contributed by atoms with van der Waals surface area (Å²) in [5.41, 5.74) is 3.00. The molecule has 0 fully saturated rings. The third-order valence-corrected chi connectivity index (χ3v) is 2.32. The van der Waals surface area contributed by atoms with Crippen molar-refractivity contribution in [3.8, 4) is 11.3 Å². The van der Waals surface area contributed by atoms with Crippen molar-refractivity contribution in [1.82, 2.24) is 4.98 Å². The monoisotopic (exact) mass is 213 g/mol. The molecule has 2 aromatic rings. The molecule has 2 rings (SSSR count). The Morgan fingerprint density at radius 1 is 1.25 bits per heavy atom. The second-order valence-electron chi connectivity index (χ2n) is 3.60. The van der Waals surface area contributed by atoms with Crippen LogP contribution in [-0.4, -0.2) is 16.1 Å². The first-order valence-electron chi connectivity index (χ1n) is 4.93. The Hall–Kier alpha value is -2.16. The summed E-state index contributed by atoms with van der Waals surface area (Å²) < 4.78 is 0. The average Bonchev–Trinajstić information content (AvgIpc) is 2.29. The van der Waals surface area contributed by atoms with E-state index in [0.29, 0.717) is 0 Å². The Morgan fingerprint density at radius 3 is 2.75 bits per heavy atom. The summed E-state index contributed by atoms with van der Waals surface area (Å²) in [7, 11) is 0. The van der Waals surface area contributed by atoms with Crippen LogP contribution >= 0.6 is 0 Å². The van der Waals surface area contributed by atoms with Crippen LogP contribution in [0.5, 0.6) is 0 Å². The summed E-state index contributed by atoms with van der Waals surface area (Å²) >= 11 is 0. The second-order valence-corrected chi connectivity index (χ2v) is 3.60. The smallest absolute Gasteiger partial charge is 0.335 e. The molecule has 1 aromatic carbocycles. The van der Waals surface area contributed by atoms with E-state index in [-0.39, 0.29) is 5.56 Å². The predicted molar refractivity (Wildman–Crippen MR) is 61.4 cm³/mol. The maximum absolute atomic E-state index is 10.8. The number of aryl methyl sites for hydroxylation is 1. The maximum Gasteiger partial charge on any atom is 0.335 e. The fourth-order valence-electron chi connectivity index (χ4n) is 1.51. The van der Waals surface area contributed by atoms with Crippen LogP contribution in [0, 0.1) is 6.92 Å². The number of benzene rings is 1. The molecule has 0 atom stereocenters. The highest BCUT2D eigenvalue weighted by Gasteiger charge is 2.05. The van der Waals surface area contributed by atoms with Crippen LogP contribution < -0.4 is 0 Å². The van der Waals surface area contributed by atoms with Gasteiger partial charge in [-0.25, -0.2) is 4.79 Å². The normalized spacial score (nSPS) is 10.1. The molecule has 0 aliphatic rings. The fraction of sp³-hybridized carbons (Fsp3) is 0.0769. The Bertz CT molecular complexity index is 535. The van der Waals surface area contributed by atoms with Gasteiger partial charge in [0.25, 0.3) is 0 Å². The average molecular weight is 213 g/mol. The third kappa shape index (κ3) is 2.08. The molecule has 1 aromatic heterocycles. The molecule has 1 heterocycles. The van der Waals surface area contributed by atoms with E-state index >= 15 is 0 Å². The van der Waals surface area contributed by atoms with Crippen LogP contribution in [0.4, 0.5) is 0 Å². The van der Waals surface area contributed by atoms with Gasteiger partial charge in [-0.05, 0) is 36.8 Å². The van der Waals surface area contributed by atoms with Gasteiger partial charge in [0.1, 0.15) is 0 Å². The van der Waals surface area contributed by atoms with Gasteiger partial charge in [-0.3, -0.25) is 4.98 Å². The number of carboxylic acids is 1. The zero-order valence-corrected chi connectivity index (χ0v) is 8.84. The van der Waals surface area contributed by atoms with Crippen molar-refractivity contribution in [1.29, 1.82) is 0 Å². The molecule has 0 aliphatic heterocycles. The number of carboxylic acid groups (broad SMARTS) is 1. The highest BCUT2D eigenvalue weighted by atomic mass is 16.4. The first kappa shape index (κ1) is 10.4. The van der Waals surface area contributed by atoms with Gasteiger partial charge in [-0.2, -0.15) is 0 Å². The van der Waals surface area contributed by atoms with E-state index in [1.165, 1.54) is 0 Å². The van der Waals surface area contributed by atoms with Crippen molar-refractivity contribution < 1.29 is 9.90 Å². The Morgan fingerprint density at radius 2 is 2.06 bits per heavy atom. The minimum absolute atomic E-state index is 0.279. The van der Waals surface area contributed by atoms with Gasteiger partial charge in [-0.1, -0.05) is 12.1 Å². The number of nitrogens with zero attached hydrogens (tertiary/aromatic N) is 1. The van der Waals surface area contributed by atoms with E-state index in [9.17, 15) is 4.79 Å². The van der Waals surface area contributed by atoms with E-state index in [0.717, 1.165) is 16.8 Å². The molecule has 3 nitrogen and oxygen atoms in total.